The molecular weight excluding hydrogens is 224 g/mol. The molecule has 0 aromatic carbocycles. The van der Waals surface area contributed by atoms with E-state index in [0.717, 1.165) is 23.9 Å². The van der Waals surface area contributed by atoms with Crippen LogP contribution in [0.25, 0.3) is 0 Å². The predicted molar refractivity (Wildman–Crippen MR) is 60.2 cm³/mol. The van der Waals surface area contributed by atoms with E-state index in [4.69, 9.17) is 4.42 Å². The van der Waals surface area contributed by atoms with Gasteiger partial charge in [-0.25, -0.2) is 4.98 Å². The molecule has 2 heterocycles. The molecule has 1 aliphatic rings. The first-order valence-corrected chi connectivity index (χ1v) is 6.28. The molecule has 1 aliphatic carbocycles. The molecular formula is C10H12N4OS. The van der Waals surface area contributed by atoms with Crippen molar-refractivity contribution in [3.8, 4) is 0 Å². The van der Waals surface area contributed by atoms with E-state index in [0.29, 0.717) is 12.6 Å². The van der Waals surface area contributed by atoms with Gasteiger partial charge >= 0.3 is 6.01 Å². The molecule has 1 N–H and O–H groups in total. The van der Waals surface area contributed by atoms with Gasteiger partial charge in [0.05, 0.1) is 17.7 Å². The van der Waals surface area contributed by atoms with Crippen LogP contribution in [0.4, 0.5) is 6.01 Å². The Balaban J connectivity index is 1.55. The SMILES string of the molecule is c1nc(CNc2nnc(CC3CC3)o2)cs1. The Bertz CT molecular complexity index is 449. The molecule has 0 bridgehead atoms. The molecule has 0 spiro atoms. The molecule has 1 fully saturated rings. The molecule has 2 aromatic rings. The lowest BCUT2D eigenvalue weighted by Gasteiger charge is -1.96. The summed E-state index contributed by atoms with van der Waals surface area (Å²) in [4.78, 5) is 4.16. The Kier molecular flexibility index (Phi) is 2.57. The fraction of sp³-hybridized carbons (Fsp3) is 0.500. The zero-order chi connectivity index (χ0) is 10.8. The van der Waals surface area contributed by atoms with Gasteiger partial charge in [0, 0.05) is 11.8 Å². The number of thiazole rings is 1. The van der Waals surface area contributed by atoms with Crippen molar-refractivity contribution in [2.45, 2.75) is 25.8 Å². The fourth-order valence-corrected chi connectivity index (χ4v) is 2.03. The number of hydrogen-bond donors (Lipinski definition) is 1. The molecule has 3 rings (SSSR count). The van der Waals surface area contributed by atoms with E-state index < -0.39 is 0 Å². The zero-order valence-electron chi connectivity index (χ0n) is 8.72. The van der Waals surface area contributed by atoms with Gasteiger partial charge < -0.3 is 9.73 Å². The number of rotatable bonds is 5. The Morgan fingerprint density at radius 1 is 1.44 bits per heavy atom. The first-order chi connectivity index (χ1) is 7.90. The van der Waals surface area contributed by atoms with Crippen LogP contribution < -0.4 is 5.32 Å². The van der Waals surface area contributed by atoms with E-state index in [-0.39, 0.29) is 0 Å². The monoisotopic (exact) mass is 236 g/mol. The molecule has 16 heavy (non-hydrogen) atoms. The quantitative estimate of drug-likeness (QED) is 0.861. The molecule has 5 nitrogen and oxygen atoms in total. The number of nitrogens with one attached hydrogen (secondary N) is 1. The normalized spacial score (nSPS) is 15.2. The van der Waals surface area contributed by atoms with Gasteiger partial charge in [0.25, 0.3) is 0 Å². The summed E-state index contributed by atoms with van der Waals surface area (Å²) < 4.78 is 5.48. The topological polar surface area (TPSA) is 63.8 Å². The third-order valence-corrected chi connectivity index (χ3v) is 3.17. The second kappa shape index (κ2) is 4.21. The summed E-state index contributed by atoms with van der Waals surface area (Å²) in [6, 6.07) is 0.489. The smallest absolute Gasteiger partial charge is 0.315 e. The lowest BCUT2D eigenvalue weighted by atomic mass is 10.3. The highest BCUT2D eigenvalue weighted by Crippen LogP contribution is 2.32. The maximum absolute atomic E-state index is 5.48. The highest BCUT2D eigenvalue weighted by molar-refractivity contribution is 7.07. The summed E-state index contributed by atoms with van der Waals surface area (Å²) in [5.74, 6) is 1.51. The van der Waals surface area contributed by atoms with Crippen molar-refractivity contribution in [2.24, 2.45) is 5.92 Å². The van der Waals surface area contributed by atoms with Crippen LogP contribution >= 0.6 is 11.3 Å². The van der Waals surface area contributed by atoms with Crippen molar-refractivity contribution in [1.82, 2.24) is 15.2 Å². The minimum atomic E-state index is 0.489. The first-order valence-electron chi connectivity index (χ1n) is 5.33. The van der Waals surface area contributed by atoms with Crippen LogP contribution in [0, 0.1) is 5.92 Å². The fourth-order valence-electron chi connectivity index (χ4n) is 1.47. The number of nitrogens with zero attached hydrogens (tertiary/aromatic N) is 3. The lowest BCUT2D eigenvalue weighted by Crippen LogP contribution is -1.99. The van der Waals surface area contributed by atoms with Crippen molar-refractivity contribution in [2.75, 3.05) is 5.32 Å². The highest BCUT2D eigenvalue weighted by Gasteiger charge is 2.24. The Morgan fingerprint density at radius 2 is 2.38 bits per heavy atom. The Labute approximate surface area is 96.9 Å². The summed E-state index contributed by atoms with van der Waals surface area (Å²) in [5.41, 5.74) is 2.80. The van der Waals surface area contributed by atoms with E-state index in [9.17, 15) is 0 Å². The minimum absolute atomic E-state index is 0.489. The number of anilines is 1. The van der Waals surface area contributed by atoms with Gasteiger partial charge in [-0.15, -0.1) is 16.4 Å². The van der Waals surface area contributed by atoms with Gasteiger partial charge in [0.15, 0.2) is 0 Å². The largest absolute Gasteiger partial charge is 0.408 e. The number of aromatic nitrogens is 3. The van der Waals surface area contributed by atoms with Crippen molar-refractivity contribution < 1.29 is 4.42 Å². The van der Waals surface area contributed by atoms with E-state index >= 15 is 0 Å². The standard InChI is InChI=1S/C10H12N4OS/c1-2-7(1)3-9-13-14-10(15-9)11-4-8-5-16-6-12-8/h5-7H,1-4H2,(H,11,14). The molecule has 0 saturated heterocycles. The molecule has 0 amide bonds. The third-order valence-electron chi connectivity index (χ3n) is 2.53. The van der Waals surface area contributed by atoms with Crippen LogP contribution in [0.5, 0.6) is 0 Å². The van der Waals surface area contributed by atoms with Gasteiger partial charge in [-0.3, -0.25) is 0 Å². The van der Waals surface area contributed by atoms with Gasteiger partial charge in [-0.1, -0.05) is 5.10 Å². The van der Waals surface area contributed by atoms with Crippen LogP contribution in [-0.2, 0) is 13.0 Å². The summed E-state index contributed by atoms with van der Waals surface area (Å²) >= 11 is 1.58. The zero-order valence-corrected chi connectivity index (χ0v) is 9.54. The van der Waals surface area contributed by atoms with Crippen molar-refractivity contribution >= 4 is 17.4 Å². The van der Waals surface area contributed by atoms with Crippen LogP contribution in [0.3, 0.4) is 0 Å². The van der Waals surface area contributed by atoms with Gasteiger partial charge in [-0.2, -0.15) is 0 Å². The average molecular weight is 236 g/mol. The second-order valence-corrected chi connectivity index (χ2v) is 4.70. The predicted octanol–water partition coefficient (Wildman–Crippen LogP) is 2.09. The van der Waals surface area contributed by atoms with Crippen molar-refractivity contribution in [3.63, 3.8) is 0 Å². The first kappa shape index (κ1) is 9.77. The van der Waals surface area contributed by atoms with E-state index in [1.807, 2.05) is 10.9 Å². The van der Waals surface area contributed by atoms with Gasteiger partial charge in [0.1, 0.15) is 0 Å². The minimum Gasteiger partial charge on any atom is -0.408 e. The Morgan fingerprint density at radius 3 is 3.12 bits per heavy atom. The van der Waals surface area contributed by atoms with Crippen LogP contribution in [0.2, 0.25) is 0 Å². The molecule has 0 aliphatic heterocycles. The highest BCUT2D eigenvalue weighted by atomic mass is 32.1. The van der Waals surface area contributed by atoms with Crippen LogP contribution in [-0.4, -0.2) is 15.2 Å². The molecule has 1 saturated carbocycles. The summed E-state index contributed by atoms with van der Waals surface area (Å²) in [6.45, 7) is 0.633. The van der Waals surface area contributed by atoms with Gasteiger partial charge in [-0.05, 0) is 18.8 Å². The second-order valence-electron chi connectivity index (χ2n) is 3.98. The van der Waals surface area contributed by atoms with E-state index in [1.54, 1.807) is 11.3 Å². The Hall–Kier alpha value is -1.43. The molecule has 6 heteroatoms. The summed E-state index contributed by atoms with van der Waals surface area (Å²) in [5, 5.41) is 13.0. The number of hydrogen-bond acceptors (Lipinski definition) is 6. The molecule has 0 atom stereocenters. The molecule has 0 radical (unpaired) electrons. The lowest BCUT2D eigenvalue weighted by molar-refractivity contribution is 0.491. The van der Waals surface area contributed by atoms with Crippen LogP contribution in [0.15, 0.2) is 15.3 Å². The van der Waals surface area contributed by atoms with E-state index in [1.165, 1.54) is 12.8 Å². The van der Waals surface area contributed by atoms with E-state index in [2.05, 4.69) is 20.5 Å². The summed E-state index contributed by atoms with van der Waals surface area (Å²) in [7, 11) is 0. The maximum Gasteiger partial charge on any atom is 0.315 e. The molecule has 84 valence electrons. The third kappa shape index (κ3) is 2.38. The molecule has 0 unspecified atom stereocenters. The van der Waals surface area contributed by atoms with Crippen LogP contribution in [0.1, 0.15) is 24.4 Å². The summed E-state index contributed by atoms with van der Waals surface area (Å²) in [6.07, 6.45) is 3.51. The molecule has 2 aromatic heterocycles. The van der Waals surface area contributed by atoms with Crippen molar-refractivity contribution in [1.29, 1.82) is 0 Å². The average Bonchev–Trinajstić information content (AvgIpc) is 2.81. The maximum atomic E-state index is 5.48. The van der Waals surface area contributed by atoms with Crippen molar-refractivity contribution in [3.05, 3.63) is 22.5 Å². The van der Waals surface area contributed by atoms with Gasteiger partial charge in [0.2, 0.25) is 5.89 Å².